The molecule has 4 unspecified atom stereocenters. The fraction of sp³-hybridized carbons (Fsp3) is 0.333. The third kappa shape index (κ3) is 5.48. The van der Waals surface area contributed by atoms with Crippen LogP contribution in [-0.2, 0) is 20.8 Å². The van der Waals surface area contributed by atoms with Crippen LogP contribution in [0.15, 0.2) is 89.5 Å². The Balaban J connectivity index is 1.16. The SMILES string of the molecule is N/N=C(\N)COC1=CC(COC2=CC(OCc3ccc4ccccc4n3)CC=C2)C=CC2CC12. The zero-order valence-corrected chi connectivity index (χ0v) is 19.0. The van der Waals surface area contributed by atoms with Crippen molar-refractivity contribution in [3.8, 4) is 0 Å². The van der Waals surface area contributed by atoms with Crippen molar-refractivity contribution in [3.63, 3.8) is 0 Å². The Hall–Kier alpha value is -3.58. The first-order valence-electron chi connectivity index (χ1n) is 11.7. The summed E-state index contributed by atoms with van der Waals surface area (Å²) in [6, 6.07) is 12.2. The predicted octanol–water partition coefficient (Wildman–Crippen LogP) is 3.93. The van der Waals surface area contributed by atoms with Crippen molar-refractivity contribution in [1.29, 1.82) is 0 Å². The Labute approximate surface area is 199 Å². The van der Waals surface area contributed by atoms with E-state index < -0.39 is 0 Å². The first-order valence-corrected chi connectivity index (χ1v) is 11.7. The summed E-state index contributed by atoms with van der Waals surface area (Å²) in [7, 11) is 0. The molecule has 0 spiro atoms. The van der Waals surface area contributed by atoms with Crippen LogP contribution in [0.1, 0.15) is 18.5 Å². The summed E-state index contributed by atoms with van der Waals surface area (Å²) < 4.78 is 18.1. The molecule has 7 heteroatoms. The van der Waals surface area contributed by atoms with Crippen LogP contribution in [0.5, 0.6) is 0 Å². The van der Waals surface area contributed by atoms with Gasteiger partial charge < -0.3 is 25.8 Å². The maximum Gasteiger partial charge on any atom is 0.157 e. The number of allylic oxidation sites excluding steroid dienone is 3. The highest BCUT2D eigenvalue weighted by Gasteiger charge is 2.41. The number of aromatic nitrogens is 1. The van der Waals surface area contributed by atoms with Gasteiger partial charge in [0.1, 0.15) is 12.4 Å². The fourth-order valence-corrected chi connectivity index (χ4v) is 4.29. The number of pyridine rings is 1. The number of hydrazone groups is 1. The molecular weight excluding hydrogens is 428 g/mol. The molecule has 0 saturated heterocycles. The number of hydrogen-bond donors (Lipinski definition) is 2. The van der Waals surface area contributed by atoms with E-state index in [1.807, 2.05) is 36.4 Å². The summed E-state index contributed by atoms with van der Waals surface area (Å²) in [6.07, 6.45) is 14.6. The highest BCUT2D eigenvalue weighted by atomic mass is 16.5. The van der Waals surface area contributed by atoms with Crippen molar-refractivity contribution in [2.45, 2.75) is 25.6 Å². The highest BCUT2D eigenvalue weighted by Crippen LogP contribution is 2.47. The van der Waals surface area contributed by atoms with Crippen LogP contribution in [0.2, 0.25) is 0 Å². The molecule has 3 aliphatic rings. The fourth-order valence-electron chi connectivity index (χ4n) is 4.29. The molecule has 34 heavy (non-hydrogen) atoms. The standard InChI is InChI=1S/C27H30N4O3/c28-27(31-29)17-34-26-12-18(8-9-20-13-24(20)26)15-32-22-5-3-6-23(14-22)33-16-21-11-10-19-4-1-2-7-25(19)30-21/h1-5,7-12,14,18,20,23-24H,6,13,15-17,29H2,(H2,28,31). The lowest BCUT2D eigenvalue weighted by molar-refractivity contribution is 0.0664. The first kappa shape index (κ1) is 22.2. The lowest BCUT2D eigenvalue weighted by atomic mass is 10.1. The van der Waals surface area contributed by atoms with E-state index in [4.69, 9.17) is 30.8 Å². The second-order valence-corrected chi connectivity index (χ2v) is 8.90. The second kappa shape index (κ2) is 10.1. The number of nitrogens with two attached hydrogens (primary N) is 2. The average Bonchev–Trinajstić information content (AvgIpc) is 3.67. The quantitative estimate of drug-likeness (QED) is 0.194. The van der Waals surface area contributed by atoms with Gasteiger partial charge in [-0.15, -0.1) is 0 Å². The number of hydrogen-bond acceptors (Lipinski definition) is 6. The van der Waals surface area contributed by atoms with Gasteiger partial charge in [-0.05, 0) is 49.1 Å². The number of ether oxygens (including phenoxy) is 3. The Bertz CT molecular complexity index is 1180. The highest BCUT2D eigenvalue weighted by molar-refractivity contribution is 5.81. The van der Waals surface area contributed by atoms with E-state index in [0.717, 1.165) is 41.0 Å². The average molecular weight is 459 g/mol. The number of para-hydroxylation sites is 1. The van der Waals surface area contributed by atoms with Gasteiger partial charge in [0.25, 0.3) is 0 Å². The minimum Gasteiger partial charge on any atom is -0.493 e. The van der Waals surface area contributed by atoms with Gasteiger partial charge in [0.15, 0.2) is 5.84 Å². The summed E-state index contributed by atoms with van der Waals surface area (Å²) in [5.74, 6) is 8.34. The molecule has 1 saturated carbocycles. The molecule has 5 rings (SSSR count). The van der Waals surface area contributed by atoms with E-state index in [2.05, 4.69) is 41.5 Å². The molecule has 1 aromatic carbocycles. The van der Waals surface area contributed by atoms with E-state index in [1.165, 1.54) is 0 Å². The molecule has 4 N–H and O–H groups in total. The van der Waals surface area contributed by atoms with Gasteiger partial charge >= 0.3 is 0 Å². The molecule has 1 heterocycles. The first-order chi connectivity index (χ1) is 16.7. The van der Waals surface area contributed by atoms with E-state index in [9.17, 15) is 0 Å². The van der Waals surface area contributed by atoms with E-state index >= 15 is 0 Å². The van der Waals surface area contributed by atoms with Gasteiger partial charge in [0, 0.05) is 17.2 Å². The normalized spacial score (nSPS) is 25.8. The summed E-state index contributed by atoms with van der Waals surface area (Å²) >= 11 is 0. The summed E-state index contributed by atoms with van der Waals surface area (Å²) in [5, 5.41) is 4.61. The Morgan fingerprint density at radius 3 is 2.91 bits per heavy atom. The molecule has 7 nitrogen and oxygen atoms in total. The molecule has 3 aliphatic carbocycles. The summed E-state index contributed by atoms with van der Waals surface area (Å²) in [5.41, 5.74) is 7.58. The molecule has 176 valence electrons. The number of rotatable bonds is 9. The van der Waals surface area contributed by atoms with E-state index in [1.54, 1.807) is 0 Å². The third-order valence-electron chi connectivity index (χ3n) is 6.29. The van der Waals surface area contributed by atoms with Gasteiger partial charge in [-0.25, -0.2) is 0 Å². The van der Waals surface area contributed by atoms with Gasteiger partial charge in [-0.2, -0.15) is 5.10 Å². The molecule has 1 aromatic heterocycles. The van der Waals surface area contributed by atoms with Crippen molar-refractivity contribution < 1.29 is 14.2 Å². The Kier molecular flexibility index (Phi) is 6.62. The molecule has 0 amide bonds. The molecular formula is C27H30N4O3. The smallest absolute Gasteiger partial charge is 0.157 e. The van der Waals surface area contributed by atoms with Gasteiger partial charge in [-0.1, -0.05) is 42.5 Å². The maximum atomic E-state index is 6.12. The van der Waals surface area contributed by atoms with Crippen LogP contribution >= 0.6 is 0 Å². The van der Waals surface area contributed by atoms with Crippen molar-refractivity contribution in [1.82, 2.24) is 4.98 Å². The lowest BCUT2D eigenvalue weighted by Crippen LogP contribution is -2.21. The summed E-state index contributed by atoms with van der Waals surface area (Å²) in [6.45, 7) is 1.19. The topological polar surface area (TPSA) is 105 Å². The molecule has 0 bridgehead atoms. The van der Waals surface area contributed by atoms with Crippen LogP contribution in [0.4, 0.5) is 0 Å². The van der Waals surface area contributed by atoms with Crippen molar-refractivity contribution in [3.05, 3.63) is 90.1 Å². The zero-order valence-electron chi connectivity index (χ0n) is 19.0. The molecule has 0 aliphatic heterocycles. The summed E-state index contributed by atoms with van der Waals surface area (Å²) in [4.78, 5) is 4.69. The van der Waals surface area contributed by atoms with Gasteiger partial charge in [0.2, 0.25) is 0 Å². The van der Waals surface area contributed by atoms with Crippen LogP contribution in [0.25, 0.3) is 10.9 Å². The van der Waals surface area contributed by atoms with Crippen molar-refractivity contribution in [2.75, 3.05) is 13.2 Å². The van der Waals surface area contributed by atoms with Crippen molar-refractivity contribution >= 4 is 16.7 Å². The van der Waals surface area contributed by atoms with Crippen molar-refractivity contribution in [2.24, 2.45) is 34.4 Å². The van der Waals surface area contributed by atoms with Gasteiger partial charge in [0.05, 0.1) is 36.3 Å². The second-order valence-electron chi connectivity index (χ2n) is 8.90. The molecule has 4 atom stereocenters. The minimum atomic E-state index is -0.0430. The largest absolute Gasteiger partial charge is 0.493 e. The van der Waals surface area contributed by atoms with Crippen LogP contribution in [0, 0.1) is 17.8 Å². The maximum absolute atomic E-state index is 6.12. The molecule has 0 radical (unpaired) electrons. The van der Waals surface area contributed by atoms with Crippen LogP contribution < -0.4 is 11.6 Å². The molecule has 2 aromatic rings. The zero-order chi connectivity index (χ0) is 23.3. The lowest BCUT2D eigenvalue weighted by Gasteiger charge is -2.19. The van der Waals surface area contributed by atoms with E-state index in [-0.39, 0.29) is 24.5 Å². The Morgan fingerprint density at radius 2 is 2.00 bits per heavy atom. The number of amidine groups is 1. The third-order valence-corrected chi connectivity index (χ3v) is 6.29. The Morgan fingerprint density at radius 1 is 1.09 bits per heavy atom. The minimum absolute atomic E-state index is 0.0430. The van der Waals surface area contributed by atoms with Crippen LogP contribution in [-0.4, -0.2) is 30.1 Å². The van der Waals surface area contributed by atoms with E-state index in [0.29, 0.717) is 25.0 Å². The molecule has 1 fully saturated rings. The monoisotopic (exact) mass is 458 g/mol. The van der Waals surface area contributed by atoms with Gasteiger partial charge in [-0.3, -0.25) is 4.98 Å². The number of nitrogens with zero attached hydrogens (tertiary/aromatic N) is 2. The van der Waals surface area contributed by atoms with Crippen LogP contribution in [0.3, 0.4) is 0 Å². The number of fused-ring (bicyclic) bond motifs is 2. The number of benzene rings is 1. The predicted molar refractivity (Wildman–Crippen MR) is 132 cm³/mol.